The lowest BCUT2D eigenvalue weighted by atomic mass is 9.96. The summed E-state index contributed by atoms with van der Waals surface area (Å²) < 4.78 is 19.2. The summed E-state index contributed by atoms with van der Waals surface area (Å²) in [4.78, 5) is 59.0. The van der Waals surface area contributed by atoms with Gasteiger partial charge in [-0.25, -0.2) is 13.8 Å². The molecule has 3 amide bonds. The van der Waals surface area contributed by atoms with Gasteiger partial charge in [0.25, 0.3) is 11.8 Å². The fraction of sp³-hybridized carbons (Fsp3) is 0.349. The van der Waals surface area contributed by atoms with Crippen molar-refractivity contribution in [2.24, 2.45) is 0 Å². The van der Waals surface area contributed by atoms with Crippen molar-refractivity contribution < 1.29 is 23.2 Å². The molecular weight excluding hydrogens is 734 g/mol. The first-order valence-electron chi connectivity index (χ1n) is 20.1. The number of amides is 3. The van der Waals surface area contributed by atoms with Crippen molar-refractivity contribution in [2.45, 2.75) is 45.6 Å². The van der Waals surface area contributed by atoms with Gasteiger partial charge in [-0.1, -0.05) is 12.1 Å². The number of piperazine rings is 1. The van der Waals surface area contributed by atoms with Crippen LogP contribution in [0.25, 0.3) is 6.08 Å². The summed E-state index contributed by atoms with van der Waals surface area (Å²) in [5.74, 6) is 0.973. The summed E-state index contributed by atoms with van der Waals surface area (Å²) in [6.45, 7) is 8.25. The van der Waals surface area contributed by atoms with E-state index in [9.17, 15) is 14.4 Å². The van der Waals surface area contributed by atoms with E-state index >= 15 is 4.32 Å². The minimum absolute atomic E-state index is 0.00922. The van der Waals surface area contributed by atoms with E-state index in [4.69, 9.17) is 4.98 Å². The number of anilines is 5. The lowest BCUT2D eigenvalue weighted by Gasteiger charge is -2.42. The van der Waals surface area contributed by atoms with Gasteiger partial charge < -0.3 is 24.9 Å². The number of carbonyl (C=O) groups excluding carboxylic acids is 3. The first kappa shape index (κ1) is 37.5. The van der Waals surface area contributed by atoms with Crippen molar-refractivity contribution in [3.8, 4) is 0 Å². The smallest absolute Gasteiger partial charge is 0.340 e. The molecule has 2 aromatic heterocycles. The molecule has 15 heteroatoms. The van der Waals surface area contributed by atoms with Crippen LogP contribution in [0, 0.1) is 13.8 Å². The Kier molecular flexibility index (Phi) is 9.71. The Morgan fingerprint density at radius 2 is 1.66 bits per heavy atom. The Bertz CT molecular complexity index is 2410. The zero-order valence-electron chi connectivity index (χ0n) is 33.4. The number of para-hydroxylation sites is 1. The fourth-order valence-corrected chi connectivity index (χ4v) is 9.08. The summed E-state index contributed by atoms with van der Waals surface area (Å²) in [6, 6.07) is 17.2. The normalized spacial score (nSPS) is 18.2. The molecule has 58 heavy (non-hydrogen) atoms. The third-order valence-electron chi connectivity index (χ3n) is 12.4. The molecule has 4 aromatic rings. The second kappa shape index (κ2) is 15.0. The van der Waals surface area contributed by atoms with Crippen LogP contribution < -0.4 is 15.1 Å². The van der Waals surface area contributed by atoms with E-state index in [1.165, 1.54) is 0 Å². The number of fused-ring (bicyclic) bond motifs is 4. The summed E-state index contributed by atoms with van der Waals surface area (Å²) >= 11 is 0. The average molecular weight is 782 g/mol. The van der Waals surface area contributed by atoms with Crippen LogP contribution >= 0.6 is 0 Å². The van der Waals surface area contributed by atoms with E-state index < -0.39 is 7.26 Å². The third kappa shape index (κ3) is 6.66. The van der Waals surface area contributed by atoms with Crippen LogP contribution in [-0.4, -0.2) is 124 Å². The third-order valence-corrected chi connectivity index (χ3v) is 12.4. The quantitative estimate of drug-likeness (QED) is 0.248. The van der Waals surface area contributed by atoms with Crippen molar-refractivity contribution in [3.63, 3.8) is 0 Å². The number of nitrogens with one attached hydrogen (secondary N) is 1. The molecule has 7 heterocycles. The zero-order valence-corrected chi connectivity index (χ0v) is 33.4. The van der Waals surface area contributed by atoms with E-state index in [1.807, 2.05) is 108 Å². The number of piperidine rings is 1. The number of likely N-dealkylation sites (tertiary alicyclic amines) is 1. The van der Waals surface area contributed by atoms with Gasteiger partial charge in [-0.2, -0.15) is 4.98 Å². The van der Waals surface area contributed by atoms with Gasteiger partial charge in [-0.3, -0.25) is 23.8 Å². The summed E-state index contributed by atoms with van der Waals surface area (Å²) in [5, 5.41) is 3.25. The number of hydrogen-bond acceptors (Lipinski definition) is 8. The van der Waals surface area contributed by atoms with Gasteiger partial charge in [0, 0.05) is 113 Å². The number of nitrogens with zero attached hydrogens (tertiary/aromatic N) is 9. The Morgan fingerprint density at radius 1 is 0.914 bits per heavy atom. The number of halogens is 1. The molecular formula is C43H47BFN10O3+. The molecule has 296 valence electrons. The van der Waals surface area contributed by atoms with Crippen LogP contribution in [0.4, 0.5) is 33.1 Å². The minimum atomic E-state index is -1.31. The van der Waals surface area contributed by atoms with Crippen LogP contribution in [-0.2, 0) is 4.79 Å². The highest BCUT2D eigenvalue weighted by molar-refractivity contribution is 6.43. The zero-order chi connectivity index (χ0) is 40.2. The predicted molar refractivity (Wildman–Crippen MR) is 224 cm³/mol. The van der Waals surface area contributed by atoms with Crippen molar-refractivity contribution in [1.29, 1.82) is 0 Å². The van der Waals surface area contributed by atoms with Crippen molar-refractivity contribution in [1.82, 2.24) is 29.1 Å². The van der Waals surface area contributed by atoms with Gasteiger partial charge in [-0.05, 0) is 74.7 Å². The van der Waals surface area contributed by atoms with Gasteiger partial charge >= 0.3 is 7.26 Å². The molecule has 0 radical (unpaired) electrons. The topological polar surface area (TPSA) is 113 Å². The van der Waals surface area contributed by atoms with Gasteiger partial charge in [0.15, 0.2) is 17.2 Å². The molecule has 13 nitrogen and oxygen atoms in total. The molecule has 0 saturated carbocycles. The molecule has 0 bridgehead atoms. The molecule has 5 aliphatic heterocycles. The molecule has 9 rings (SSSR count). The summed E-state index contributed by atoms with van der Waals surface area (Å²) in [5.41, 5.74) is 7.84. The standard InChI is InChI=1S/C43H46BFN10O3/c1-28-25-29(2)54-37(28)26-34-14-13-33(55(34)44(54)45)15-16-39(56)52-23-21-51(22-24-52)32-17-19-53(20-18-32)41(57)30-9-11-31(12-10-30)47-43-46-27-38-40(48-43)49(3)36-8-6-5-7-35(36)42(58)50(38)4/h5-14,25-27,32H,15-24H2,1-4H3/p+1. The Hall–Kier alpha value is -6.09. The Labute approximate surface area is 337 Å². The molecule has 0 aliphatic carbocycles. The van der Waals surface area contributed by atoms with Crippen LogP contribution in [0.5, 0.6) is 0 Å². The van der Waals surface area contributed by atoms with Crippen molar-refractivity contribution in [3.05, 3.63) is 107 Å². The molecule has 0 atom stereocenters. The minimum Gasteiger partial charge on any atom is -0.340 e. The van der Waals surface area contributed by atoms with Crippen LogP contribution in [0.2, 0.25) is 0 Å². The number of benzene rings is 2. The van der Waals surface area contributed by atoms with E-state index in [0.717, 1.165) is 65.7 Å². The van der Waals surface area contributed by atoms with Crippen molar-refractivity contribution in [2.75, 3.05) is 68.5 Å². The summed E-state index contributed by atoms with van der Waals surface area (Å²) in [6.07, 6.45) is 10.2. The number of allylic oxidation sites excluding steroid dienone is 2. The number of carbonyl (C=O) groups is 3. The van der Waals surface area contributed by atoms with E-state index in [2.05, 4.69) is 15.2 Å². The number of rotatable bonds is 7. The van der Waals surface area contributed by atoms with Gasteiger partial charge in [0.2, 0.25) is 11.9 Å². The van der Waals surface area contributed by atoms with Gasteiger partial charge in [0.05, 0.1) is 17.4 Å². The average Bonchev–Trinajstić information content (AvgIpc) is 3.79. The molecule has 5 aliphatic rings. The largest absolute Gasteiger partial charge is 0.846 e. The van der Waals surface area contributed by atoms with Crippen molar-refractivity contribution >= 4 is 65.6 Å². The Balaban J connectivity index is 0.747. The molecule has 2 fully saturated rings. The lowest BCUT2D eigenvalue weighted by Crippen LogP contribution is -2.54. The first-order valence-corrected chi connectivity index (χ1v) is 20.1. The molecule has 2 aromatic carbocycles. The second-order valence-corrected chi connectivity index (χ2v) is 15.8. The van der Waals surface area contributed by atoms with Crippen LogP contribution in [0.3, 0.4) is 0 Å². The van der Waals surface area contributed by atoms with Crippen LogP contribution in [0.1, 0.15) is 63.4 Å². The van der Waals surface area contributed by atoms with Gasteiger partial charge in [0.1, 0.15) is 5.69 Å². The maximum atomic E-state index is 15.7. The number of hydrogen-bond donors (Lipinski definition) is 1. The molecule has 1 N–H and O–H groups in total. The fourth-order valence-electron chi connectivity index (χ4n) is 9.08. The maximum absolute atomic E-state index is 15.7. The highest BCUT2D eigenvalue weighted by Crippen LogP contribution is 2.38. The molecule has 0 spiro atoms. The first-order chi connectivity index (χ1) is 28.0. The number of aryl methyl sites for hydroxylation is 2. The van der Waals surface area contributed by atoms with Gasteiger partial charge in [-0.15, -0.1) is 0 Å². The number of aromatic nitrogens is 3. The lowest BCUT2D eigenvalue weighted by molar-refractivity contribution is -0.335. The summed E-state index contributed by atoms with van der Waals surface area (Å²) in [7, 11) is 2.29. The highest BCUT2D eigenvalue weighted by atomic mass is 19.1. The second-order valence-electron chi connectivity index (χ2n) is 15.8. The SMILES string of the molecule is Cc1cc(C)n2c1C=C1C=CC(CCC(=O)N3CCN(C4CCN(C(=O)c5ccc(Nc6ncc7c(n6)N(C)c6ccccc6C(=O)N7C)cc5)CC4)CC3)=[N+]1B2F. The van der Waals surface area contributed by atoms with E-state index in [0.29, 0.717) is 73.6 Å². The van der Waals surface area contributed by atoms with E-state index in [1.54, 1.807) is 27.1 Å². The molecule has 2 saturated heterocycles. The maximum Gasteiger partial charge on any atom is 0.846 e. The highest BCUT2D eigenvalue weighted by Gasteiger charge is 2.47. The molecule has 0 unspecified atom stereocenters. The monoisotopic (exact) mass is 781 g/mol. The predicted octanol–water partition coefficient (Wildman–Crippen LogP) is 5.41. The Morgan fingerprint density at radius 3 is 2.41 bits per heavy atom. The van der Waals surface area contributed by atoms with E-state index in [-0.39, 0.29) is 17.7 Å². The van der Waals surface area contributed by atoms with Crippen LogP contribution in [0.15, 0.2) is 78.6 Å².